The number of hydrogen-bond acceptors (Lipinski definition) is 4. The van der Waals surface area contributed by atoms with Crippen molar-refractivity contribution < 1.29 is 4.79 Å². The van der Waals surface area contributed by atoms with E-state index in [0.29, 0.717) is 16.7 Å². The lowest BCUT2D eigenvalue weighted by molar-refractivity contribution is -0.129. The number of hydrogen-bond donors (Lipinski definition) is 1. The molecule has 0 spiro atoms. The number of anilines is 1. The number of aromatic nitrogens is 1. The van der Waals surface area contributed by atoms with Crippen LogP contribution in [0.15, 0.2) is 29.6 Å². The minimum atomic E-state index is 0.0141. The van der Waals surface area contributed by atoms with E-state index in [1.54, 1.807) is 11.9 Å². The lowest BCUT2D eigenvalue weighted by Gasteiger charge is -2.16. The van der Waals surface area contributed by atoms with Gasteiger partial charge in [0.2, 0.25) is 5.91 Å². The predicted molar refractivity (Wildman–Crippen MR) is 78.2 cm³/mol. The monoisotopic (exact) mass is 295 g/mol. The van der Waals surface area contributed by atoms with Crippen LogP contribution >= 0.6 is 22.9 Å². The number of carbonyl (C=O) groups excluding carboxylic acids is 1. The maximum atomic E-state index is 12.0. The Hall–Kier alpha value is -1.59. The number of nitrogens with zero attached hydrogens (tertiary/aromatic N) is 2. The molecule has 0 aliphatic heterocycles. The summed E-state index contributed by atoms with van der Waals surface area (Å²) in [6.07, 6.45) is 0.276. The number of nitrogen functional groups attached to an aromatic ring is 1. The summed E-state index contributed by atoms with van der Waals surface area (Å²) in [7, 11) is 1.77. The third kappa shape index (κ3) is 3.94. The van der Waals surface area contributed by atoms with Gasteiger partial charge in [-0.2, -0.15) is 0 Å². The molecule has 100 valence electrons. The number of rotatable bonds is 4. The smallest absolute Gasteiger partial charge is 0.228 e. The number of likely N-dealkylation sites (N-methyl/N-ethyl adjacent to an activating group) is 1. The third-order valence-corrected chi connectivity index (χ3v) is 3.64. The van der Waals surface area contributed by atoms with Crippen LogP contribution < -0.4 is 5.73 Å². The quantitative estimate of drug-likeness (QED) is 0.943. The summed E-state index contributed by atoms with van der Waals surface area (Å²) in [5, 5.41) is 2.99. The number of amides is 1. The van der Waals surface area contributed by atoms with E-state index < -0.39 is 0 Å². The topological polar surface area (TPSA) is 59.2 Å². The van der Waals surface area contributed by atoms with Gasteiger partial charge in [-0.15, -0.1) is 11.3 Å². The second-order valence-electron chi connectivity index (χ2n) is 4.23. The number of nitrogens with two attached hydrogens (primary N) is 1. The largest absolute Gasteiger partial charge is 0.375 e. The Morgan fingerprint density at radius 1 is 1.42 bits per heavy atom. The highest BCUT2D eigenvalue weighted by atomic mass is 35.5. The van der Waals surface area contributed by atoms with Crippen molar-refractivity contribution in [1.82, 2.24) is 9.88 Å². The maximum absolute atomic E-state index is 12.0. The van der Waals surface area contributed by atoms with Crippen LogP contribution in [0, 0.1) is 0 Å². The Labute approximate surface area is 120 Å². The van der Waals surface area contributed by atoms with Gasteiger partial charge in [0.25, 0.3) is 0 Å². The van der Waals surface area contributed by atoms with Crippen LogP contribution in [0.2, 0.25) is 5.02 Å². The van der Waals surface area contributed by atoms with E-state index in [-0.39, 0.29) is 12.3 Å². The third-order valence-electron chi connectivity index (χ3n) is 2.66. The van der Waals surface area contributed by atoms with Crippen molar-refractivity contribution in [2.45, 2.75) is 13.0 Å². The Morgan fingerprint density at radius 3 is 2.68 bits per heavy atom. The van der Waals surface area contributed by atoms with Crippen LogP contribution in [-0.4, -0.2) is 22.8 Å². The molecule has 1 aromatic heterocycles. The first-order chi connectivity index (χ1) is 9.04. The lowest BCUT2D eigenvalue weighted by atomic mass is 10.2. The molecule has 0 radical (unpaired) electrons. The highest BCUT2D eigenvalue weighted by Gasteiger charge is 2.12. The molecule has 1 aromatic carbocycles. The number of thiazole rings is 1. The second-order valence-corrected chi connectivity index (χ2v) is 5.56. The maximum Gasteiger partial charge on any atom is 0.228 e. The molecule has 2 aromatic rings. The van der Waals surface area contributed by atoms with Crippen molar-refractivity contribution in [3.8, 4) is 0 Å². The summed E-state index contributed by atoms with van der Waals surface area (Å²) in [6.45, 7) is 0.551. The zero-order valence-electron chi connectivity index (χ0n) is 10.5. The second kappa shape index (κ2) is 6.04. The Bertz CT molecular complexity index is 568. The normalized spacial score (nSPS) is 10.4. The molecule has 1 heterocycles. The minimum absolute atomic E-state index is 0.0141. The van der Waals surface area contributed by atoms with E-state index in [4.69, 9.17) is 17.3 Å². The van der Waals surface area contributed by atoms with E-state index in [9.17, 15) is 4.79 Å². The summed E-state index contributed by atoms with van der Waals surface area (Å²) in [5.41, 5.74) is 7.30. The van der Waals surface area contributed by atoms with E-state index in [0.717, 1.165) is 11.3 Å². The lowest BCUT2D eigenvalue weighted by Crippen LogP contribution is -2.27. The molecule has 0 aliphatic rings. The number of benzene rings is 1. The van der Waals surface area contributed by atoms with Gasteiger partial charge in [-0.25, -0.2) is 4.98 Å². The zero-order valence-corrected chi connectivity index (χ0v) is 12.0. The van der Waals surface area contributed by atoms with Gasteiger partial charge in [0.15, 0.2) is 5.13 Å². The van der Waals surface area contributed by atoms with Gasteiger partial charge < -0.3 is 10.6 Å². The summed E-state index contributed by atoms with van der Waals surface area (Å²) >= 11 is 7.17. The fourth-order valence-electron chi connectivity index (χ4n) is 1.65. The summed E-state index contributed by atoms with van der Waals surface area (Å²) in [5.74, 6) is 0.0141. The fourth-order valence-corrected chi connectivity index (χ4v) is 2.33. The van der Waals surface area contributed by atoms with Gasteiger partial charge in [-0.05, 0) is 17.7 Å². The summed E-state index contributed by atoms with van der Waals surface area (Å²) in [4.78, 5) is 17.8. The molecule has 4 nitrogen and oxygen atoms in total. The van der Waals surface area contributed by atoms with Gasteiger partial charge in [0.05, 0.1) is 12.1 Å². The van der Waals surface area contributed by atoms with E-state index in [1.807, 2.05) is 29.6 Å². The molecule has 0 saturated carbocycles. The molecule has 2 rings (SSSR count). The molecule has 2 N–H and O–H groups in total. The molecule has 6 heteroatoms. The van der Waals surface area contributed by atoms with Crippen molar-refractivity contribution in [3.63, 3.8) is 0 Å². The van der Waals surface area contributed by atoms with Crippen LogP contribution in [-0.2, 0) is 17.8 Å². The molecular weight excluding hydrogens is 282 g/mol. The first-order valence-electron chi connectivity index (χ1n) is 5.73. The van der Waals surface area contributed by atoms with Crippen LogP contribution in [0.25, 0.3) is 0 Å². The molecular formula is C13H14ClN3OS. The summed E-state index contributed by atoms with van der Waals surface area (Å²) in [6, 6.07) is 7.45. The van der Waals surface area contributed by atoms with Crippen LogP contribution in [0.4, 0.5) is 5.13 Å². The Morgan fingerprint density at radius 2 is 2.11 bits per heavy atom. The first-order valence-corrected chi connectivity index (χ1v) is 6.98. The predicted octanol–water partition coefficient (Wildman–Crippen LogP) is 2.58. The molecule has 0 unspecified atom stereocenters. The van der Waals surface area contributed by atoms with E-state index in [2.05, 4.69) is 4.98 Å². The zero-order chi connectivity index (χ0) is 13.8. The van der Waals surface area contributed by atoms with Crippen molar-refractivity contribution >= 4 is 34.0 Å². The van der Waals surface area contributed by atoms with Gasteiger partial charge in [0.1, 0.15) is 0 Å². The Balaban J connectivity index is 1.94. The van der Waals surface area contributed by atoms with Crippen molar-refractivity contribution in [1.29, 1.82) is 0 Å². The molecule has 0 fully saturated rings. The van der Waals surface area contributed by atoms with Crippen LogP contribution in [0.1, 0.15) is 11.3 Å². The molecule has 0 aliphatic carbocycles. The molecule has 0 atom stereocenters. The standard InChI is InChI=1S/C13H14ClN3OS/c1-17(7-9-2-4-10(14)5-3-9)12(18)6-11-8-19-13(15)16-11/h2-5,8H,6-7H2,1H3,(H2,15,16). The van der Waals surface area contributed by atoms with Gasteiger partial charge in [-0.1, -0.05) is 23.7 Å². The van der Waals surface area contributed by atoms with Gasteiger partial charge in [0, 0.05) is 24.0 Å². The van der Waals surface area contributed by atoms with Crippen LogP contribution in [0.5, 0.6) is 0 Å². The van der Waals surface area contributed by atoms with Crippen molar-refractivity contribution in [2.24, 2.45) is 0 Å². The van der Waals surface area contributed by atoms with Crippen molar-refractivity contribution in [2.75, 3.05) is 12.8 Å². The molecule has 1 amide bonds. The SMILES string of the molecule is CN(Cc1ccc(Cl)cc1)C(=O)Cc1csc(N)n1. The molecule has 0 saturated heterocycles. The van der Waals surface area contributed by atoms with E-state index >= 15 is 0 Å². The highest BCUT2D eigenvalue weighted by Crippen LogP contribution is 2.14. The Kier molecular flexibility index (Phi) is 4.39. The average Bonchev–Trinajstić information content (AvgIpc) is 2.77. The van der Waals surface area contributed by atoms with Crippen LogP contribution in [0.3, 0.4) is 0 Å². The fraction of sp³-hybridized carbons (Fsp3) is 0.231. The van der Waals surface area contributed by atoms with Gasteiger partial charge >= 0.3 is 0 Å². The van der Waals surface area contributed by atoms with Gasteiger partial charge in [-0.3, -0.25) is 4.79 Å². The van der Waals surface area contributed by atoms with E-state index in [1.165, 1.54) is 11.3 Å². The highest BCUT2D eigenvalue weighted by molar-refractivity contribution is 7.13. The minimum Gasteiger partial charge on any atom is -0.375 e. The number of carbonyl (C=O) groups is 1. The van der Waals surface area contributed by atoms with Crippen molar-refractivity contribution in [3.05, 3.63) is 45.9 Å². The summed E-state index contributed by atoms with van der Waals surface area (Å²) < 4.78 is 0. The average molecular weight is 296 g/mol. The molecule has 0 bridgehead atoms. The molecule has 19 heavy (non-hydrogen) atoms. The number of halogens is 1. The first kappa shape index (κ1) is 13.8.